The minimum atomic E-state index is -0.556. The highest BCUT2D eigenvalue weighted by atomic mass is 16.7. The van der Waals surface area contributed by atoms with Gasteiger partial charge in [0.1, 0.15) is 12.9 Å². The van der Waals surface area contributed by atoms with Crippen molar-refractivity contribution >= 4 is 0 Å². The number of aliphatic hydroxyl groups is 1. The Kier molecular flexibility index (Phi) is 6.05. The van der Waals surface area contributed by atoms with Crippen molar-refractivity contribution in [3.05, 3.63) is 0 Å². The number of ether oxygens (including phenoxy) is 4. The molecule has 1 saturated heterocycles. The Morgan fingerprint density at radius 1 is 0.769 bits per heavy atom. The second kappa shape index (κ2) is 7.23. The van der Waals surface area contributed by atoms with Gasteiger partial charge in [-0.05, 0) is 0 Å². The molecule has 1 aliphatic rings. The van der Waals surface area contributed by atoms with E-state index in [2.05, 4.69) is 0 Å². The van der Waals surface area contributed by atoms with Crippen LogP contribution in [-0.2, 0) is 18.9 Å². The third kappa shape index (κ3) is 5.95. The molecule has 1 rings (SSSR count). The number of hydrogen-bond donors (Lipinski definition) is 1. The number of hydrogen-bond acceptors (Lipinski definition) is 5. The van der Waals surface area contributed by atoms with Gasteiger partial charge in [-0.25, -0.2) is 0 Å². The van der Waals surface area contributed by atoms with Crippen LogP contribution in [0.4, 0.5) is 0 Å². The molecule has 1 heterocycles. The molecule has 0 aromatic carbocycles. The predicted molar refractivity (Wildman–Crippen MR) is 44.4 cm³/mol. The van der Waals surface area contributed by atoms with Crippen LogP contribution < -0.4 is 0 Å². The van der Waals surface area contributed by atoms with Crippen molar-refractivity contribution in [2.45, 2.75) is 6.10 Å². The quantitative estimate of drug-likeness (QED) is 0.554. The Bertz CT molecular complexity index is 107. The highest BCUT2D eigenvalue weighted by Crippen LogP contribution is 1.91. The summed E-state index contributed by atoms with van der Waals surface area (Å²) >= 11 is 0. The summed E-state index contributed by atoms with van der Waals surface area (Å²) in [5.74, 6) is 0. The molecule has 5 nitrogen and oxygen atoms in total. The minimum absolute atomic E-state index is 0.273. The molecule has 1 fully saturated rings. The van der Waals surface area contributed by atoms with Crippen LogP contribution in [0.15, 0.2) is 0 Å². The second-order valence-electron chi connectivity index (χ2n) is 2.74. The van der Waals surface area contributed by atoms with E-state index in [1.165, 1.54) is 0 Å². The third-order valence-electron chi connectivity index (χ3n) is 1.53. The smallest absolute Gasteiger partial charge is 0.146 e. The van der Waals surface area contributed by atoms with Crippen molar-refractivity contribution in [3.8, 4) is 0 Å². The zero-order chi connectivity index (χ0) is 9.36. The van der Waals surface area contributed by atoms with Gasteiger partial charge in [0, 0.05) is 0 Å². The van der Waals surface area contributed by atoms with Crippen LogP contribution >= 0.6 is 0 Å². The Morgan fingerprint density at radius 3 is 1.77 bits per heavy atom. The molecule has 0 saturated carbocycles. The van der Waals surface area contributed by atoms with Crippen LogP contribution in [0.25, 0.3) is 0 Å². The molecule has 78 valence electrons. The van der Waals surface area contributed by atoms with E-state index in [1.807, 2.05) is 0 Å². The Hall–Kier alpha value is -0.200. The van der Waals surface area contributed by atoms with Crippen LogP contribution in [0, 0.1) is 0 Å². The van der Waals surface area contributed by atoms with Crippen molar-refractivity contribution in [1.82, 2.24) is 0 Å². The average Bonchev–Trinajstić information content (AvgIpc) is 2.11. The summed E-state index contributed by atoms with van der Waals surface area (Å²) in [6.45, 7) is 2.80. The molecule has 0 radical (unpaired) electrons. The highest BCUT2D eigenvalue weighted by molar-refractivity contribution is 4.51. The lowest BCUT2D eigenvalue weighted by atomic mass is 10.4. The van der Waals surface area contributed by atoms with Crippen molar-refractivity contribution in [2.24, 2.45) is 0 Å². The zero-order valence-electron chi connectivity index (χ0n) is 7.61. The first kappa shape index (κ1) is 10.9. The SMILES string of the molecule is OC1COCCOCOCCOC1. The number of rotatable bonds is 0. The van der Waals surface area contributed by atoms with E-state index in [9.17, 15) is 5.11 Å². The summed E-state index contributed by atoms with van der Waals surface area (Å²) in [5.41, 5.74) is 0. The van der Waals surface area contributed by atoms with E-state index in [4.69, 9.17) is 18.9 Å². The van der Waals surface area contributed by atoms with E-state index < -0.39 is 6.10 Å². The first-order valence-electron chi connectivity index (χ1n) is 4.38. The highest BCUT2D eigenvalue weighted by Gasteiger charge is 2.05. The summed E-state index contributed by atoms with van der Waals surface area (Å²) in [6, 6.07) is 0. The van der Waals surface area contributed by atoms with Gasteiger partial charge in [0.05, 0.1) is 39.6 Å². The molecule has 1 N–H and O–H groups in total. The molecule has 13 heavy (non-hydrogen) atoms. The normalized spacial score (nSPS) is 24.7. The van der Waals surface area contributed by atoms with E-state index in [1.54, 1.807) is 0 Å². The predicted octanol–water partition coefficient (Wildman–Crippen LogP) is -0.615. The second-order valence-corrected chi connectivity index (χ2v) is 2.74. The van der Waals surface area contributed by atoms with Crippen LogP contribution in [0.5, 0.6) is 0 Å². The van der Waals surface area contributed by atoms with E-state index in [-0.39, 0.29) is 6.79 Å². The maximum Gasteiger partial charge on any atom is 0.146 e. The minimum Gasteiger partial charge on any atom is -0.388 e. The van der Waals surface area contributed by atoms with Gasteiger partial charge < -0.3 is 24.1 Å². The van der Waals surface area contributed by atoms with E-state index >= 15 is 0 Å². The molecule has 0 unspecified atom stereocenters. The Morgan fingerprint density at radius 2 is 1.23 bits per heavy atom. The van der Waals surface area contributed by atoms with Gasteiger partial charge in [-0.3, -0.25) is 0 Å². The third-order valence-corrected chi connectivity index (χ3v) is 1.53. The van der Waals surface area contributed by atoms with E-state index in [0.29, 0.717) is 39.6 Å². The van der Waals surface area contributed by atoms with Gasteiger partial charge >= 0.3 is 0 Å². The van der Waals surface area contributed by atoms with Crippen LogP contribution in [0.3, 0.4) is 0 Å². The fourth-order valence-corrected chi connectivity index (χ4v) is 0.899. The molecule has 0 atom stereocenters. The number of aliphatic hydroxyl groups excluding tert-OH is 1. The summed E-state index contributed by atoms with van der Waals surface area (Å²) in [5, 5.41) is 9.26. The van der Waals surface area contributed by atoms with Gasteiger partial charge in [0.25, 0.3) is 0 Å². The van der Waals surface area contributed by atoms with Crippen molar-refractivity contribution < 1.29 is 24.1 Å². The van der Waals surface area contributed by atoms with Gasteiger partial charge in [-0.1, -0.05) is 0 Å². The summed E-state index contributed by atoms with van der Waals surface area (Å²) in [6.07, 6.45) is -0.556. The van der Waals surface area contributed by atoms with Gasteiger partial charge in [-0.15, -0.1) is 0 Å². The summed E-state index contributed by atoms with van der Waals surface area (Å²) in [4.78, 5) is 0. The summed E-state index contributed by atoms with van der Waals surface area (Å²) < 4.78 is 20.3. The molecular formula is C8H16O5. The molecule has 0 aliphatic carbocycles. The van der Waals surface area contributed by atoms with Crippen molar-refractivity contribution in [1.29, 1.82) is 0 Å². The molecule has 0 amide bonds. The van der Waals surface area contributed by atoms with E-state index in [0.717, 1.165) is 0 Å². The standard InChI is InChI=1S/C8H16O5/c9-8-5-10-1-3-12-7-13-4-2-11-6-8/h8-9H,1-7H2. The Labute approximate surface area is 77.5 Å². The van der Waals surface area contributed by atoms with Gasteiger partial charge in [0.15, 0.2) is 0 Å². The first-order chi connectivity index (χ1) is 6.39. The topological polar surface area (TPSA) is 57.2 Å². The fourth-order valence-electron chi connectivity index (χ4n) is 0.899. The van der Waals surface area contributed by atoms with Crippen molar-refractivity contribution in [3.63, 3.8) is 0 Å². The lowest BCUT2D eigenvalue weighted by Gasteiger charge is -2.13. The molecule has 1 aliphatic heterocycles. The maximum absolute atomic E-state index is 9.26. The van der Waals surface area contributed by atoms with Gasteiger partial charge in [-0.2, -0.15) is 0 Å². The molecular weight excluding hydrogens is 176 g/mol. The van der Waals surface area contributed by atoms with Crippen LogP contribution in [0.1, 0.15) is 0 Å². The Balaban J connectivity index is 2.11. The average molecular weight is 192 g/mol. The fraction of sp³-hybridized carbons (Fsp3) is 1.00. The summed E-state index contributed by atoms with van der Waals surface area (Å²) in [7, 11) is 0. The van der Waals surface area contributed by atoms with Gasteiger partial charge in [0.2, 0.25) is 0 Å². The van der Waals surface area contributed by atoms with Crippen LogP contribution in [-0.4, -0.2) is 57.6 Å². The monoisotopic (exact) mass is 192 g/mol. The molecule has 0 spiro atoms. The largest absolute Gasteiger partial charge is 0.388 e. The maximum atomic E-state index is 9.26. The molecule has 0 aromatic heterocycles. The molecule has 0 bridgehead atoms. The lowest BCUT2D eigenvalue weighted by molar-refractivity contribution is -0.105. The first-order valence-corrected chi connectivity index (χ1v) is 4.38. The van der Waals surface area contributed by atoms with Crippen molar-refractivity contribution in [2.75, 3.05) is 46.4 Å². The molecule has 0 aromatic rings. The lowest BCUT2D eigenvalue weighted by Crippen LogP contribution is -2.25. The molecule has 5 heteroatoms. The van der Waals surface area contributed by atoms with Crippen LogP contribution in [0.2, 0.25) is 0 Å². The zero-order valence-corrected chi connectivity index (χ0v) is 7.61.